The van der Waals surface area contributed by atoms with Crippen LogP contribution in [0.3, 0.4) is 0 Å². The number of hydrogen-bond donors (Lipinski definition) is 0. The number of rotatable bonds is 9. The van der Waals surface area contributed by atoms with E-state index < -0.39 is 5.97 Å². The first kappa shape index (κ1) is 24.2. The number of benzene rings is 1. The second kappa shape index (κ2) is 10.1. The van der Waals surface area contributed by atoms with E-state index >= 15 is 0 Å². The number of esters is 1. The molecule has 0 bridgehead atoms. The van der Waals surface area contributed by atoms with E-state index in [9.17, 15) is 9.59 Å². The van der Waals surface area contributed by atoms with Crippen LogP contribution in [0.5, 0.6) is 5.75 Å². The van der Waals surface area contributed by atoms with Gasteiger partial charge in [0.25, 0.3) is 0 Å². The smallest absolute Gasteiger partial charge is 0.340 e. The van der Waals surface area contributed by atoms with Gasteiger partial charge in [0.2, 0.25) is 5.78 Å². The number of ketones is 1. The van der Waals surface area contributed by atoms with E-state index in [-0.39, 0.29) is 18.4 Å². The first-order chi connectivity index (χ1) is 16.8. The molecule has 35 heavy (non-hydrogen) atoms. The van der Waals surface area contributed by atoms with Crippen molar-refractivity contribution >= 4 is 22.8 Å². The van der Waals surface area contributed by atoms with E-state index in [4.69, 9.17) is 9.47 Å². The van der Waals surface area contributed by atoms with Gasteiger partial charge in [-0.25, -0.2) is 14.5 Å². The zero-order chi connectivity index (χ0) is 25.1. The first-order valence-corrected chi connectivity index (χ1v) is 11.6. The Morgan fingerprint density at radius 3 is 2.49 bits per heavy atom. The van der Waals surface area contributed by atoms with Gasteiger partial charge in [-0.15, -0.1) is 0 Å². The van der Waals surface area contributed by atoms with E-state index in [0.29, 0.717) is 16.8 Å². The van der Waals surface area contributed by atoms with Gasteiger partial charge in [-0.2, -0.15) is 5.10 Å². The molecule has 3 heterocycles. The average Bonchev–Trinajstić information content (AvgIpc) is 3.41. The number of nitrogens with zero attached hydrogens (tertiary/aromatic N) is 4. The van der Waals surface area contributed by atoms with Crippen LogP contribution >= 0.6 is 0 Å². The molecule has 8 heteroatoms. The highest BCUT2D eigenvalue weighted by Crippen LogP contribution is 2.20. The molecule has 4 aromatic rings. The molecule has 182 valence electrons. The number of Topliss-reactive ketones (excluding diaryl/α,β-unsaturated/α-hetero) is 1. The number of carbonyl (C=O) groups is 2. The predicted octanol–water partition coefficient (Wildman–Crippen LogP) is 4.72. The van der Waals surface area contributed by atoms with Gasteiger partial charge in [0.1, 0.15) is 5.75 Å². The van der Waals surface area contributed by atoms with Crippen molar-refractivity contribution in [1.82, 2.24) is 19.3 Å². The molecule has 0 amide bonds. The Bertz CT molecular complexity index is 1370. The Hall–Kier alpha value is -3.94. The minimum atomic E-state index is -0.585. The molecular weight excluding hydrogens is 444 g/mol. The first-order valence-electron chi connectivity index (χ1n) is 11.6. The number of hydrogen-bond acceptors (Lipinski definition) is 6. The normalized spacial score (nSPS) is 11.3. The standard InChI is InChI=1S/C27H30N4O4/c1-17(2)31-26-21(15-29-31)13-22(14-28-26)27(33)35-16-25(32)24-12-18(3)30(19(24)4)11-10-20-6-8-23(34-5)9-7-20/h6-9,12-15,17H,10-11,16H2,1-5H3. The van der Waals surface area contributed by atoms with Gasteiger partial charge in [0.15, 0.2) is 12.3 Å². The molecule has 0 atom stereocenters. The van der Waals surface area contributed by atoms with Crippen molar-refractivity contribution in [3.63, 3.8) is 0 Å². The Balaban J connectivity index is 1.39. The predicted molar refractivity (Wildman–Crippen MR) is 133 cm³/mol. The third-order valence-electron chi connectivity index (χ3n) is 6.15. The Morgan fingerprint density at radius 1 is 1.06 bits per heavy atom. The zero-order valence-corrected chi connectivity index (χ0v) is 20.7. The van der Waals surface area contributed by atoms with Crippen molar-refractivity contribution in [2.75, 3.05) is 13.7 Å². The number of ether oxygens (including phenoxy) is 2. The van der Waals surface area contributed by atoms with Crippen molar-refractivity contribution < 1.29 is 19.1 Å². The summed E-state index contributed by atoms with van der Waals surface area (Å²) >= 11 is 0. The van der Waals surface area contributed by atoms with Crippen LogP contribution in [0.4, 0.5) is 0 Å². The van der Waals surface area contributed by atoms with Crippen LogP contribution in [0.2, 0.25) is 0 Å². The summed E-state index contributed by atoms with van der Waals surface area (Å²) in [6.07, 6.45) is 3.96. The fraction of sp³-hybridized carbons (Fsp3) is 0.333. The summed E-state index contributed by atoms with van der Waals surface area (Å²) in [6, 6.07) is 11.7. The fourth-order valence-corrected chi connectivity index (χ4v) is 4.18. The van der Waals surface area contributed by atoms with Crippen LogP contribution < -0.4 is 4.74 Å². The van der Waals surface area contributed by atoms with Crippen molar-refractivity contribution in [3.05, 3.63) is 76.9 Å². The van der Waals surface area contributed by atoms with Crippen molar-refractivity contribution in [2.45, 2.75) is 46.7 Å². The summed E-state index contributed by atoms with van der Waals surface area (Å²) in [6.45, 7) is 8.33. The maximum absolute atomic E-state index is 12.9. The lowest BCUT2D eigenvalue weighted by Crippen LogP contribution is -2.15. The van der Waals surface area contributed by atoms with Gasteiger partial charge in [0, 0.05) is 41.1 Å². The van der Waals surface area contributed by atoms with E-state index in [2.05, 4.69) is 14.6 Å². The lowest BCUT2D eigenvalue weighted by atomic mass is 10.1. The highest BCUT2D eigenvalue weighted by atomic mass is 16.5. The van der Waals surface area contributed by atoms with Gasteiger partial charge in [-0.1, -0.05) is 12.1 Å². The van der Waals surface area contributed by atoms with Crippen LogP contribution in [0, 0.1) is 13.8 Å². The van der Waals surface area contributed by atoms with Crippen LogP contribution in [0.15, 0.2) is 48.8 Å². The maximum atomic E-state index is 12.9. The van der Waals surface area contributed by atoms with Crippen LogP contribution in [0.1, 0.15) is 57.6 Å². The van der Waals surface area contributed by atoms with Crippen LogP contribution in [-0.4, -0.2) is 44.8 Å². The minimum absolute atomic E-state index is 0.158. The van der Waals surface area contributed by atoms with Gasteiger partial charge in [-0.3, -0.25) is 4.79 Å². The largest absolute Gasteiger partial charge is 0.497 e. The van der Waals surface area contributed by atoms with Crippen molar-refractivity contribution in [2.24, 2.45) is 0 Å². The molecule has 0 unspecified atom stereocenters. The number of carbonyl (C=O) groups excluding carboxylic acids is 2. The molecule has 1 aromatic carbocycles. The topological polar surface area (TPSA) is 88.2 Å². The summed E-state index contributed by atoms with van der Waals surface area (Å²) in [5, 5.41) is 5.06. The van der Waals surface area contributed by atoms with Crippen LogP contribution in [0.25, 0.3) is 11.0 Å². The summed E-state index contributed by atoms with van der Waals surface area (Å²) in [5.74, 6) is 0.00742. The third-order valence-corrected chi connectivity index (χ3v) is 6.15. The maximum Gasteiger partial charge on any atom is 0.340 e. The molecule has 3 aromatic heterocycles. The molecule has 0 saturated heterocycles. The highest BCUT2D eigenvalue weighted by Gasteiger charge is 2.19. The van der Waals surface area contributed by atoms with Gasteiger partial charge < -0.3 is 14.0 Å². The average molecular weight is 475 g/mol. The third kappa shape index (κ3) is 5.11. The molecule has 8 nitrogen and oxygen atoms in total. The van der Waals surface area contributed by atoms with E-state index in [1.165, 1.54) is 11.8 Å². The SMILES string of the molecule is COc1ccc(CCn2c(C)cc(C(=O)COC(=O)c3cnc4c(cnn4C(C)C)c3)c2C)cc1. The molecule has 4 rings (SSSR count). The molecule has 0 radical (unpaired) electrons. The van der Waals surface area contributed by atoms with Crippen LogP contribution in [-0.2, 0) is 17.7 Å². The van der Waals surface area contributed by atoms with E-state index in [0.717, 1.165) is 35.5 Å². The number of aryl methyl sites for hydroxylation is 2. The quantitative estimate of drug-likeness (QED) is 0.258. The van der Waals surface area contributed by atoms with Gasteiger partial charge >= 0.3 is 5.97 Å². The summed E-state index contributed by atoms with van der Waals surface area (Å²) in [7, 11) is 1.65. The van der Waals surface area contributed by atoms with Crippen molar-refractivity contribution in [1.29, 1.82) is 0 Å². The minimum Gasteiger partial charge on any atom is -0.497 e. The van der Waals surface area contributed by atoms with Crippen molar-refractivity contribution in [3.8, 4) is 5.75 Å². The van der Waals surface area contributed by atoms with E-state index in [1.807, 2.05) is 58.0 Å². The number of aromatic nitrogens is 4. The summed E-state index contributed by atoms with van der Waals surface area (Å²) in [5.41, 5.74) is 4.60. The Morgan fingerprint density at radius 2 is 1.80 bits per heavy atom. The molecule has 0 saturated carbocycles. The lowest BCUT2D eigenvalue weighted by Gasteiger charge is -2.10. The summed E-state index contributed by atoms with van der Waals surface area (Å²) in [4.78, 5) is 29.8. The number of methoxy groups -OCH3 is 1. The Labute approximate surface area is 204 Å². The number of fused-ring (bicyclic) bond motifs is 1. The highest BCUT2D eigenvalue weighted by molar-refractivity contribution is 6.00. The van der Waals surface area contributed by atoms with Gasteiger partial charge in [0.05, 0.1) is 18.9 Å². The monoisotopic (exact) mass is 474 g/mol. The van der Waals surface area contributed by atoms with Gasteiger partial charge in [-0.05, 0) is 63.9 Å². The molecule has 0 spiro atoms. The summed E-state index contributed by atoms with van der Waals surface area (Å²) < 4.78 is 14.4. The zero-order valence-electron chi connectivity index (χ0n) is 20.7. The Kier molecular flexibility index (Phi) is 7.00. The number of pyridine rings is 1. The fourth-order valence-electron chi connectivity index (χ4n) is 4.18. The van der Waals surface area contributed by atoms with E-state index in [1.54, 1.807) is 24.1 Å². The molecule has 0 fully saturated rings. The molecular formula is C27H30N4O4. The second-order valence-electron chi connectivity index (χ2n) is 8.85. The molecule has 0 N–H and O–H groups in total. The lowest BCUT2D eigenvalue weighted by molar-refractivity contribution is 0.0474. The molecule has 0 aliphatic heterocycles. The second-order valence-corrected chi connectivity index (χ2v) is 8.85. The molecule has 0 aliphatic rings. The molecule has 0 aliphatic carbocycles.